The molecule has 1 aliphatic heterocycles. The summed E-state index contributed by atoms with van der Waals surface area (Å²) in [4.78, 5) is 29.1. The molecule has 1 aliphatic rings. The van der Waals surface area contributed by atoms with Crippen molar-refractivity contribution in [2.75, 3.05) is 12.3 Å². The van der Waals surface area contributed by atoms with Gasteiger partial charge >= 0.3 is 7.60 Å². The van der Waals surface area contributed by atoms with Crippen LogP contribution in [-0.2, 0) is 9.30 Å². The van der Waals surface area contributed by atoms with E-state index in [9.17, 15) is 14.8 Å². The van der Waals surface area contributed by atoms with Gasteiger partial charge in [-0.3, -0.25) is 9.13 Å². The number of hydrogen-bond acceptors (Lipinski definition) is 9. The molecule has 13 heteroatoms. The number of hydrogen-bond donors (Lipinski definition) is 6. The normalized spacial score (nSPS) is 24.3. The summed E-state index contributed by atoms with van der Waals surface area (Å²) in [6, 6.07) is 7.70. The lowest BCUT2D eigenvalue weighted by Crippen LogP contribution is -2.33. The van der Waals surface area contributed by atoms with Crippen LogP contribution in [-0.4, -0.2) is 69.5 Å². The zero-order chi connectivity index (χ0) is 21.2. The third-order valence-electron chi connectivity index (χ3n) is 4.27. The molecule has 1 aromatic carbocycles. The summed E-state index contributed by atoms with van der Waals surface area (Å²) in [5.74, 6) is 0.218. The number of aliphatic hydroxyl groups is 3. The molecule has 0 radical (unpaired) electrons. The number of nitrogens with zero attached hydrogens (tertiary/aromatic N) is 4. The van der Waals surface area contributed by atoms with Crippen LogP contribution < -0.4 is 11.0 Å². The van der Waals surface area contributed by atoms with E-state index >= 15 is 0 Å². The van der Waals surface area contributed by atoms with E-state index in [0.717, 1.165) is 0 Å². The molecule has 0 spiro atoms. The molecule has 0 aliphatic carbocycles. The van der Waals surface area contributed by atoms with Gasteiger partial charge in [0.1, 0.15) is 30.2 Å². The summed E-state index contributed by atoms with van der Waals surface area (Å²) in [5, 5.41) is 28.8. The molecule has 3 aromatic rings. The maximum Gasteiger partial charge on any atom is 0.356 e. The smallest absolute Gasteiger partial charge is 0.356 e. The summed E-state index contributed by atoms with van der Waals surface area (Å²) < 4.78 is 17.4. The van der Waals surface area contributed by atoms with Crippen LogP contribution in [0.2, 0.25) is 0 Å². The Morgan fingerprint density at radius 2 is 1.79 bits per heavy atom. The first-order chi connectivity index (χ1) is 13.7. The van der Waals surface area contributed by atoms with Crippen molar-refractivity contribution >= 4 is 29.9 Å². The van der Waals surface area contributed by atoms with E-state index in [1.165, 1.54) is 29.4 Å². The minimum Gasteiger partial charge on any atom is -0.394 e. The lowest BCUT2D eigenvalue weighted by molar-refractivity contribution is -0.0511. The van der Waals surface area contributed by atoms with E-state index in [2.05, 4.69) is 15.0 Å². The average molecular weight is 425 g/mol. The molecule has 1 saturated heterocycles. The lowest BCUT2D eigenvalue weighted by Gasteiger charge is -2.16. The SMILES string of the molecule is Nc1ncnc2c1ncn2[C@@H]1O[C@H](CO)[C@@H](O)[C@H]1O.O=P(O)(O)c1ccccc1. The zero-order valence-corrected chi connectivity index (χ0v) is 15.8. The molecule has 29 heavy (non-hydrogen) atoms. The van der Waals surface area contributed by atoms with Crippen molar-refractivity contribution in [2.24, 2.45) is 0 Å². The largest absolute Gasteiger partial charge is 0.394 e. The Morgan fingerprint density at radius 3 is 2.34 bits per heavy atom. The van der Waals surface area contributed by atoms with Gasteiger partial charge in [0.05, 0.1) is 18.2 Å². The van der Waals surface area contributed by atoms with E-state index in [4.69, 9.17) is 25.4 Å². The van der Waals surface area contributed by atoms with Gasteiger partial charge in [0.2, 0.25) is 0 Å². The van der Waals surface area contributed by atoms with Gasteiger partial charge in [-0.25, -0.2) is 15.0 Å². The molecule has 0 bridgehead atoms. The van der Waals surface area contributed by atoms with Gasteiger partial charge < -0.3 is 35.6 Å². The number of anilines is 1. The molecular weight excluding hydrogens is 405 g/mol. The van der Waals surface area contributed by atoms with Crippen molar-refractivity contribution in [2.45, 2.75) is 24.5 Å². The Bertz CT molecular complexity index is 1010. The van der Waals surface area contributed by atoms with E-state index in [0.29, 0.717) is 11.2 Å². The molecule has 0 amide bonds. The van der Waals surface area contributed by atoms with Crippen LogP contribution in [0.5, 0.6) is 0 Å². The van der Waals surface area contributed by atoms with E-state index in [1.54, 1.807) is 18.2 Å². The third kappa shape index (κ3) is 4.43. The molecule has 0 saturated carbocycles. The van der Waals surface area contributed by atoms with Crippen molar-refractivity contribution < 1.29 is 34.4 Å². The van der Waals surface area contributed by atoms with Crippen LogP contribution in [0.15, 0.2) is 43.0 Å². The summed E-state index contributed by atoms with van der Waals surface area (Å²) in [6.45, 7) is -0.390. The van der Waals surface area contributed by atoms with Crippen LogP contribution in [0, 0.1) is 0 Å². The first kappa shape index (κ1) is 21.3. The van der Waals surface area contributed by atoms with Gasteiger partial charge in [-0.2, -0.15) is 0 Å². The zero-order valence-electron chi connectivity index (χ0n) is 14.9. The predicted octanol–water partition coefficient (Wildman–Crippen LogP) is -1.49. The van der Waals surface area contributed by atoms with Crippen molar-refractivity contribution in [3.05, 3.63) is 43.0 Å². The molecule has 0 unspecified atom stereocenters. The highest BCUT2D eigenvalue weighted by molar-refractivity contribution is 7.60. The van der Waals surface area contributed by atoms with Crippen LogP contribution in [0.25, 0.3) is 11.2 Å². The molecule has 12 nitrogen and oxygen atoms in total. The van der Waals surface area contributed by atoms with Crippen molar-refractivity contribution in [1.82, 2.24) is 19.5 Å². The first-order valence-corrected chi connectivity index (χ1v) is 10.0. The van der Waals surface area contributed by atoms with E-state index < -0.39 is 38.7 Å². The predicted molar refractivity (Wildman–Crippen MR) is 101 cm³/mol. The highest BCUT2D eigenvalue weighted by atomic mass is 31.2. The molecule has 156 valence electrons. The summed E-state index contributed by atoms with van der Waals surface area (Å²) in [7, 11) is -4.02. The summed E-state index contributed by atoms with van der Waals surface area (Å²) in [5.41, 5.74) is 6.44. The number of aliphatic hydroxyl groups excluding tert-OH is 3. The number of rotatable bonds is 3. The third-order valence-corrected chi connectivity index (χ3v) is 5.24. The molecule has 2 aromatic heterocycles. The van der Waals surface area contributed by atoms with Gasteiger partial charge in [-0.1, -0.05) is 18.2 Å². The fraction of sp³-hybridized carbons (Fsp3) is 0.312. The fourth-order valence-electron chi connectivity index (χ4n) is 2.79. The number of aromatic nitrogens is 4. The number of ether oxygens (including phenoxy) is 1. The Labute approximate surface area is 164 Å². The molecule has 4 rings (SSSR count). The van der Waals surface area contributed by atoms with Crippen molar-refractivity contribution in [1.29, 1.82) is 0 Å². The topological polar surface area (TPSA) is 197 Å². The quantitative estimate of drug-likeness (QED) is 0.267. The highest BCUT2D eigenvalue weighted by Crippen LogP contribution is 2.32. The second kappa shape index (κ2) is 8.51. The maximum absolute atomic E-state index is 10.5. The van der Waals surface area contributed by atoms with Crippen LogP contribution in [0.3, 0.4) is 0 Å². The fourth-order valence-corrected chi connectivity index (χ4v) is 3.35. The standard InChI is InChI=1S/C10H13N5O4.C6H7O3P/c11-8-5-9(13-2-12-8)15(3-14-5)10-7(18)6(17)4(1-16)19-10;7-10(8,9)6-4-2-1-3-5-6/h2-4,6-7,10,16-18H,1H2,(H2,11,12,13);1-5H,(H2,7,8,9)/t4-,6-,7-,10-;/m1./s1. The molecule has 3 heterocycles. The Morgan fingerprint density at radius 1 is 1.10 bits per heavy atom. The number of fused-ring (bicyclic) bond motifs is 1. The number of imidazole rings is 1. The minimum atomic E-state index is -4.02. The van der Waals surface area contributed by atoms with Gasteiger partial charge in [0.15, 0.2) is 17.7 Å². The van der Waals surface area contributed by atoms with E-state index in [1.807, 2.05) is 0 Å². The molecule has 1 fully saturated rings. The average Bonchev–Trinajstić information content (AvgIpc) is 3.25. The highest BCUT2D eigenvalue weighted by Gasteiger charge is 2.43. The Balaban J connectivity index is 0.000000204. The second-order valence-electron chi connectivity index (χ2n) is 6.19. The Kier molecular flexibility index (Phi) is 6.24. The van der Waals surface area contributed by atoms with Crippen molar-refractivity contribution in [3.8, 4) is 0 Å². The van der Waals surface area contributed by atoms with Gasteiger partial charge in [0.25, 0.3) is 0 Å². The number of nitrogens with two attached hydrogens (primary N) is 1. The first-order valence-electron chi connectivity index (χ1n) is 8.40. The lowest BCUT2D eigenvalue weighted by atomic mass is 10.1. The molecule has 4 atom stereocenters. The second-order valence-corrected chi connectivity index (χ2v) is 7.80. The Hall–Kier alpha value is -2.44. The van der Waals surface area contributed by atoms with Crippen LogP contribution >= 0.6 is 7.60 Å². The molecule has 7 N–H and O–H groups in total. The maximum atomic E-state index is 10.5. The monoisotopic (exact) mass is 425 g/mol. The van der Waals surface area contributed by atoms with E-state index in [-0.39, 0.29) is 11.1 Å². The van der Waals surface area contributed by atoms with Gasteiger partial charge in [-0.15, -0.1) is 0 Å². The van der Waals surface area contributed by atoms with Crippen LogP contribution in [0.4, 0.5) is 5.82 Å². The number of benzene rings is 1. The summed E-state index contributed by atoms with van der Waals surface area (Å²) >= 11 is 0. The number of nitrogen functional groups attached to an aromatic ring is 1. The molecular formula is C16H20N5O7P. The minimum absolute atomic E-state index is 0.0648. The van der Waals surface area contributed by atoms with Crippen molar-refractivity contribution in [3.63, 3.8) is 0 Å². The van der Waals surface area contributed by atoms with Crippen LogP contribution in [0.1, 0.15) is 6.23 Å². The summed E-state index contributed by atoms with van der Waals surface area (Å²) in [6.07, 6.45) is -1.42. The van der Waals surface area contributed by atoms with Gasteiger partial charge in [0, 0.05) is 0 Å². The van der Waals surface area contributed by atoms with Gasteiger partial charge in [-0.05, 0) is 12.1 Å².